The molecule has 4 saturated carbocycles. The van der Waals surface area contributed by atoms with Gasteiger partial charge < -0.3 is 19.3 Å². The number of aromatic carboxylic acids is 1. The fourth-order valence-electron chi connectivity index (χ4n) is 7.64. The first kappa shape index (κ1) is 23.6. The zero-order chi connectivity index (χ0) is 24.9. The van der Waals surface area contributed by atoms with Gasteiger partial charge in [-0.05, 0) is 94.4 Å². The molecule has 7 rings (SSSR count). The molecule has 1 atom stereocenters. The highest BCUT2D eigenvalue weighted by Crippen LogP contribution is 2.62. The predicted octanol–water partition coefficient (Wildman–Crippen LogP) is 5.78. The number of hydrogen-bond donors (Lipinski definition) is 1. The number of carbonyl (C=O) groups is 1. The summed E-state index contributed by atoms with van der Waals surface area (Å²) in [6.07, 6.45) is 7.03. The fraction of sp³-hybridized carbons (Fsp3) is 0.516. The van der Waals surface area contributed by atoms with E-state index in [0.717, 1.165) is 36.1 Å². The summed E-state index contributed by atoms with van der Waals surface area (Å²) in [7, 11) is 0. The second kappa shape index (κ2) is 8.94. The predicted molar refractivity (Wildman–Crippen MR) is 136 cm³/mol. The van der Waals surface area contributed by atoms with Crippen molar-refractivity contribution in [1.82, 2.24) is 0 Å². The molecule has 36 heavy (non-hydrogen) atoms. The van der Waals surface area contributed by atoms with E-state index < -0.39 is 11.8 Å². The third-order valence-electron chi connectivity index (χ3n) is 8.56. The highest BCUT2D eigenvalue weighted by atomic mass is 16.7. The van der Waals surface area contributed by atoms with Crippen LogP contribution in [0.5, 0.6) is 5.75 Å². The summed E-state index contributed by atoms with van der Waals surface area (Å²) in [4.78, 5) is 12.4. The van der Waals surface area contributed by atoms with Crippen LogP contribution in [0.25, 0.3) is 0 Å². The standard InChI is InChI=1S/C31H34O5/c1-30(2)35-19-24(36-30)18-34-27-11-10-26(29(32)33)25(9-8-20-6-4-3-5-7-20)28(27)31-15-21-12-22(16-31)14-23(13-21)17-31/h3-7,10-11,21-24H,12-19H2,1-2H3,(H,32,33). The van der Waals surface area contributed by atoms with Gasteiger partial charge in [0.15, 0.2) is 5.79 Å². The summed E-state index contributed by atoms with van der Waals surface area (Å²) >= 11 is 0. The molecule has 5 heteroatoms. The first-order valence-corrected chi connectivity index (χ1v) is 13.2. The lowest BCUT2D eigenvalue weighted by atomic mass is 9.47. The van der Waals surface area contributed by atoms with Gasteiger partial charge in [-0.2, -0.15) is 0 Å². The largest absolute Gasteiger partial charge is 0.490 e. The Morgan fingerprint density at radius 3 is 2.25 bits per heavy atom. The summed E-state index contributed by atoms with van der Waals surface area (Å²) in [5, 5.41) is 10.2. The van der Waals surface area contributed by atoms with Crippen LogP contribution in [-0.4, -0.2) is 36.2 Å². The molecule has 2 aromatic rings. The van der Waals surface area contributed by atoms with Crippen LogP contribution < -0.4 is 4.74 Å². The van der Waals surface area contributed by atoms with Crippen molar-refractivity contribution in [2.45, 2.75) is 69.7 Å². The smallest absolute Gasteiger partial charge is 0.336 e. The van der Waals surface area contributed by atoms with Crippen molar-refractivity contribution in [3.8, 4) is 17.6 Å². The second-order valence-electron chi connectivity index (χ2n) is 11.7. The molecule has 4 bridgehead atoms. The minimum absolute atomic E-state index is 0.0808. The third-order valence-corrected chi connectivity index (χ3v) is 8.56. The molecular weight excluding hydrogens is 452 g/mol. The van der Waals surface area contributed by atoms with Crippen molar-refractivity contribution in [2.24, 2.45) is 17.8 Å². The van der Waals surface area contributed by atoms with E-state index in [1.54, 1.807) is 6.07 Å². The molecule has 1 heterocycles. The fourth-order valence-corrected chi connectivity index (χ4v) is 7.64. The Labute approximate surface area is 213 Å². The Morgan fingerprint density at radius 2 is 1.67 bits per heavy atom. The summed E-state index contributed by atoms with van der Waals surface area (Å²) in [5.41, 5.74) is 2.69. The van der Waals surface area contributed by atoms with Crippen LogP contribution in [-0.2, 0) is 14.9 Å². The molecule has 1 aliphatic heterocycles. The molecule has 0 radical (unpaired) electrons. The van der Waals surface area contributed by atoms with E-state index in [-0.39, 0.29) is 17.1 Å². The molecule has 2 aromatic carbocycles. The summed E-state index contributed by atoms with van der Waals surface area (Å²) in [5.74, 6) is 7.89. The van der Waals surface area contributed by atoms with Gasteiger partial charge in [0.05, 0.1) is 12.2 Å². The number of rotatable bonds is 5. The number of carboxylic acids is 1. The minimum atomic E-state index is -0.945. The molecular formula is C31H34O5. The Hall–Kier alpha value is -2.81. The lowest BCUT2D eigenvalue weighted by Gasteiger charge is -2.57. The third kappa shape index (κ3) is 4.42. The van der Waals surface area contributed by atoms with Gasteiger partial charge in [-0.25, -0.2) is 4.79 Å². The summed E-state index contributed by atoms with van der Waals surface area (Å²) < 4.78 is 18.2. The lowest BCUT2D eigenvalue weighted by Crippen LogP contribution is -2.49. The molecule has 1 N–H and O–H groups in total. The van der Waals surface area contributed by atoms with Crippen LogP contribution in [0.15, 0.2) is 42.5 Å². The van der Waals surface area contributed by atoms with Gasteiger partial charge >= 0.3 is 5.97 Å². The highest BCUT2D eigenvalue weighted by Gasteiger charge is 2.53. The maximum atomic E-state index is 12.4. The minimum Gasteiger partial charge on any atom is -0.490 e. The van der Waals surface area contributed by atoms with Crippen LogP contribution in [0.3, 0.4) is 0 Å². The van der Waals surface area contributed by atoms with Crippen molar-refractivity contribution in [2.75, 3.05) is 13.2 Å². The van der Waals surface area contributed by atoms with Crippen LogP contribution in [0, 0.1) is 29.6 Å². The molecule has 0 aromatic heterocycles. The van der Waals surface area contributed by atoms with Crippen molar-refractivity contribution < 1.29 is 24.1 Å². The quantitative estimate of drug-likeness (QED) is 0.543. The Bertz CT molecular complexity index is 1180. The average Bonchev–Trinajstić information content (AvgIpc) is 3.19. The molecule has 5 nitrogen and oxygen atoms in total. The van der Waals surface area contributed by atoms with Gasteiger partial charge in [-0.1, -0.05) is 30.0 Å². The number of hydrogen-bond acceptors (Lipinski definition) is 4. The van der Waals surface area contributed by atoms with Crippen molar-refractivity contribution in [3.05, 3.63) is 64.7 Å². The number of ether oxygens (including phenoxy) is 3. The summed E-state index contributed by atoms with van der Waals surface area (Å²) in [6.45, 7) is 4.66. The Morgan fingerprint density at radius 1 is 1.00 bits per heavy atom. The normalized spacial score (nSPS) is 31.6. The van der Waals surface area contributed by atoms with Gasteiger partial charge in [0.25, 0.3) is 0 Å². The monoisotopic (exact) mass is 486 g/mol. The maximum absolute atomic E-state index is 12.4. The topological polar surface area (TPSA) is 65.0 Å². The first-order valence-electron chi connectivity index (χ1n) is 13.2. The van der Waals surface area contributed by atoms with E-state index in [1.165, 1.54) is 19.3 Å². The molecule has 5 aliphatic rings. The molecule has 188 valence electrons. The zero-order valence-electron chi connectivity index (χ0n) is 21.1. The number of benzene rings is 2. The lowest BCUT2D eigenvalue weighted by molar-refractivity contribution is -0.141. The van der Waals surface area contributed by atoms with E-state index in [4.69, 9.17) is 14.2 Å². The van der Waals surface area contributed by atoms with Crippen molar-refractivity contribution in [1.29, 1.82) is 0 Å². The first-order chi connectivity index (χ1) is 17.3. The van der Waals surface area contributed by atoms with Gasteiger partial charge in [0.1, 0.15) is 18.5 Å². The maximum Gasteiger partial charge on any atom is 0.336 e. The van der Waals surface area contributed by atoms with Crippen LogP contribution >= 0.6 is 0 Å². The Kier molecular flexibility index (Phi) is 5.85. The van der Waals surface area contributed by atoms with E-state index >= 15 is 0 Å². The van der Waals surface area contributed by atoms with Gasteiger partial charge in [-0.15, -0.1) is 0 Å². The molecule has 1 unspecified atom stereocenters. The SMILES string of the molecule is CC1(C)OCC(COc2ccc(C(=O)O)c(C#Cc3ccccc3)c2C23CC4CC(CC(C4)C2)C3)O1. The van der Waals surface area contributed by atoms with Gasteiger partial charge in [-0.3, -0.25) is 0 Å². The molecule has 0 amide bonds. The highest BCUT2D eigenvalue weighted by molar-refractivity contribution is 5.92. The molecule has 0 spiro atoms. The zero-order valence-corrected chi connectivity index (χ0v) is 21.1. The van der Waals surface area contributed by atoms with E-state index in [9.17, 15) is 9.90 Å². The molecule has 5 fully saturated rings. The van der Waals surface area contributed by atoms with Crippen LogP contribution in [0.2, 0.25) is 0 Å². The van der Waals surface area contributed by atoms with Gasteiger partial charge in [0, 0.05) is 22.1 Å². The molecule has 1 saturated heterocycles. The van der Waals surface area contributed by atoms with Crippen molar-refractivity contribution >= 4 is 5.97 Å². The van der Waals surface area contributed by atoms with Gasteiger partial charge in [0.2, 0.25) is 0 Å². The number of carboxylic acid groups (broad SMARTS) is 1. The van der Waals surface area contributed by atoms with E-state index in [1.807, 2.05) is 50.2 Å². The summed E-state index contributed by atoms with van der Waals surface area (Å²) in [6, 6.07) is 13.3. The molecule has 4 aliphatic carbocycles. The average molecular weight is 487 g/mol. The van der Waals surface area contributed by atoms with Crippen LogP contribution in [0.1, 0.15) is 79.4 Å². The Balaban J connectivity index is 1.45. The van der Waals surface area contributed by atoms with Crippen molar-refractivity contribution in [3.63, 3.8) is 0 Å². The van der Waals surface area contributed by atoms with Crippen LogP contribution in [0.4, 0.5) is 0 Å². The second-order valence-corrected chi connectivity index (χ2v) is 11.7. The van der Waals surface area contributed by atoms with E-state index in [2.05, 4.69) is 11.8 Å². The van der Waals surface area contributed by atoms with E-state index in [0.29, 0.717) is 36.5 Å².